The van der Waals surface area contributed by atoms with Crippen molar-refractivity contribution in [3.63, 3.8) is 0 Å². The number of thiophene rings is 1. The van der Waals surface area contributed by atoms with Gasteiger partial charge in [0.2, 0.25) is 5.91 Å². The molecule has 2 amide bonds. The molecule has 0 bridgehead atoms. The highest BCUT2D eigenvalue weighted by atomic mass is 32.1. The van der Waals surface area contributed by atoms with Crippen molar-refractivity contribution in [1.82, 2.24) is 0 Å². The van der Waals surface area contributed by atoms with Crippen LogP contribution >= 0.6 is 11.3 Å². The van der Waals surface area contributed by atoms with Gasteiger partial charge in [0.05, 0.1) is 18.2 Å². The van der Waals surface area contributed by atoms with E-state index in [4.69, 9.17) is 5.73 Å². The first kappa shape index (κ1) is 17.0. The van der Waals surface area contributed by atoms with Crippen LogP contribution in [-0.4, -0.2) is 36.1 Å². The van der Waals surface area contributed by atoms with Crippen molar-refractivity contribution in [2.75, 3.05) is 23.3 Å². The van der Waals surface area contributed by atoms with Crippen molar-refractivity contribution in [3.8, 4) is 0 Å². The Bertz CT molecular complexity index is 670. The number of benzene rings is 1. The highest BCUT2D eigenvalue weighted by Gasteiger charge is 2.16. The SMILES string of the molecule is C[C@@H](O)CN(CC(=O)Nc1sccc1C(N)=O)c1ccccc1. The zero-order chi connectivity index (χ0) is 16.8. The van der Waals surface area contributed by atoms with Gasteiger partial charge in [-0.25, -0.2) is 0 Å². The summed E-state index contributed by atoms with van der Waals surface area (Å²) in [6.45, 7) is 2.05. The highest BCUT2D eigenvalue weighted by Crippen LogP contribution is 2.23. The predicted octanol–water partition coefficient (Wildman–Crippen LogP) is 1.67. The van der Waals surface area contributed by atoms with E-state index in [1.54, 1.807) is 23.3 Å². The highest BCUT2D eigenvalue weighted by molar-refractivity contribution is 7.14. The molecular formula is C16H19N3O3S. The van der Waals surface area contributed by atoms with Crippen molar-refractivity contribution >= 4 is 33.8 Å². The molecule has 0 aliphatic carbocycles. The normalized spacial score (nSPS) is 11.7. The van der Waals surface area contributed by atoms with Gasteiger partial charge < -0.3 is 21.1 Å². The largest absolute Gasteiger partial charge is 0.392 e. The molecule has 2 aromatic rings. The van der Waals surface area contributed by atoms with Gasteiger partial charge in [-0.05, 0) is 30.5 Å². The van der Waals surface area contributed by atoms with Crippen molar-refractivity contribution in [3.05, 3.63) is 47.3 Å². The van der Waals surface area contributed by atoms with Crippen LogP contribution in [0, 0.1) is 0 Å². The summed E-state index contributed by atoms with van der Waals surface area (Å²) in [7, 11) is 0. The van der Waals surface area contributed by atoms with Crippen molar-refractivity contribution in [2.45, 2.75) is 13.0 Å². The quantitative estimate of drug-likeness (QED) is 0.718. The van der Waals surface area contributed by atoms with Crippen molar-refractivity contribution in [2.24, 2.45) is 5.73 Å². The predicted molar refractivity (Wildman–Crippen MR) is 91.8 cm³/mol. The third-order valence-electron chi connectivity index (χ3n) is 3.12. The second-order valence-corrected chi connectivity index (χ2v) is 6.06. The number of aliphatic hydroxyl groups excluding tert-OH is 1. The topological polar surface area (TPSA) is 95.7 Å². The summed E-state index contributed by atoms with van der Waals surface area (Å²) in [5.74, 6) is -0.857. The lowest BCUT2D eigenvalue weighted by Gasteiger charge is -2.25. The number of carbonyl (C=O) groups excluding carboxylic acids is 2. The molecule has 0 unspecified atom stereocenters. The molecule has 122 valence electrons. The first-order chi connectivity index (χ1) is 11.0. The fourth-order valence-electron chi connectivity index (χ4n) is 2.16. The van der Waals surface area contributed by atoms with Crippen LogP contribution in [0.4, 0.5) is 10.7 Å². The van der Waals surface area contributed by atoms with Gasteiger partial charge in [0.25, 0.3) is 5.91 Å². The van der Waals surface area contributed by atoms with E-state index >= 15 is 0 Å². The van der Waals surface area contributed by atoms with Crippen LogP contribution in [0.15, 0.2) is 41.8 Å². The Kier molecular flexibility index (Phi) is 5.72. The number of primary amides is 1. The third-order valence-corrected chi connectivity index (χ3v) is 3.95. The summed E-state index contributed by atoms with van der Waals surface area (Å²) in [4.78, 5) is 25.3. The molecule has 0 fully saturated rings. The second kappa shape index (κ2) is 7.75. The maximum absolute atomic E-state index is 12.3. The first-order valence-electron chi connectivity index (χ1n) is 7.12. The number of para-hydroxylation sites is 1. The molecule has 0 aliphatic heterocycles. The molecule has 23 heavy (non-hydrogen) atoms. The summed E-state index contributed by atoms with van der Waals surface area (Å²) in [6.07, 6.45) is -0.578. The Morgan fingerprint density at radius 2 is 2.00 bits per heavy atom. The van der Waals surface area contributed by atoms with E-state index in [9.17, 15) is 14.7 Å². The Hall–Kier alpha value is -2.38. The molecule has 4 N–H and O–H groups in total. The monoisotopic (exact) mass is 333 g/mol. The van der Waals surface area contributed by atoms with Gasteiger partial charge in [0.1, 0.15) is 5.00 Å². The summed E-state index contributed by atoms with van der Waals surface area (Å²) in [6, 6.07) is 10.9. The minimum absolute atomic E-state index is 0.0605. The van der Waals surface area contributed by atoms with Gasteiger partial charge in [0, 0.05) is 12.2 Å². The summed E-state index contributed by atoms with van der Waals surface area (Å²) < 4.78 is 0. The third kappa shape index (κ3) is 4.80. The van der Waals surface area contributed by atoms with Gasteiger partial charge in [-0.1, -0.05) is 18.2 Å². The van der Waals surface area contributed by atoms with Crippen LogP contribution in [0.1, 0.15) is 17.3 Å². The molecular weight excluding hydrogens is 314 g/mol. The molecule has 0 saturated carbocycles. The molecule has 0 aliphatic rings. The Morgan fingerprint density at radius 1 is 1.30 bits per heavy atom. The fraction of sp³-hybridized carbons (Fsp3) is 0.250. The number of aliphatic hydroxyl groups is 1. The number of amides is 2. The van der Waals surface area contributed by atoms with E-state index < -0.39 is 12.0 Å². The van der Waals surface area contributed by atoms with Gasteiger partial charge in [-0.15, -0.1) is 11.3 Å². The van der Waals surface area contributed by atoms with Crippen LogP contribution < -0.4 is 16.0 Å². The smallest absolute Gasteiger partial charge is 0.251 e. The number of anilines is 2. The molecule has 0 radical (unpaired) electrons. The van der Waals surface area contributed by atoms with Crippen LogP contribution in [-0.2, 0) is 4.79 Å². The molecule has 1 aromatic carbocycles. The molecule has 0 spiro atoms. The van der Waals surface area contributed by atoms with Gasteiger partial charge in [-0.2, -0.15) is 0 Å². The summed E-state index contributed by atoms with van der Waals surface area (Å²) in [5, 5.41) is 14.5. The fourth-order valence-corrected chi connectivity index (χ4v) is 2.97. The zero-order valence-corrected chi connectivity index (χ0v) is 13.5. The van der Waals surface area contributed by atoms with Crippen LogP contribution in [0.25, 0.3) is 0 Å². The lowest BCUT2D eigenvalue weighted by atomic mass is 10.2. The van der Waals surface area contributed by atoms with Crippen LogP contribution in [0.3, 0.4) is 0 Å². The standard InChI is InChI=1S/C16H19N3O3S/c1-11(20)9-19(12-5-3-2-4-6-12)10-14(21)18-16-13(15(17)22)7-8-23-16/h2-8,11,20H,9-10H2,1H3,(H2,17,22)(H,18,21)/t11-/m1/s1. The van der Waals surface area contributed by atoms with E-state index in [0.717, 1.165) is 5.69 Å². The molecule has 0 saturated heterocycles. The number of carbonyl (C=O) groups is 2. The number of nitrogens with one attached hydrogen (secondary N) is 1. The Morgan fingerprint density at radius 3 is 2.61 bits per heavy atom. The summed E-state index contributed by atoms with van der Waals surface area (Å²) in [5.41, 5.74) is 6.40. The number of hydrogen-bond acceptors (Lipinski definition) is 5. The molecule has 1 atom stereocenters. The summed E-state index contributed by atoms with van der Waals surface area (Å²) >= 11 is 1.24. The second-order valence-electron chi connectivity index (χ2n) is 5.14. The van der Waals surface area contributed by atoms with Crippen molar-refractivity contribution < 1.29 is 14.7 Å². The number of nitrogens with zero attached hydrogens (tertiary/aromatic N) is 1. The number of nitrogens with two attached hydrogens (primary N) is 1. The minimum atomic E-state index is -0.578. The van der Waals surface area contributed by atoms with Gasteiger partial charge in [-0.3, -0.25) is 9.59 Å². The average molecular weight is 333 g/mol. The molecule has 1 aromatic heterocycles. The maximum atomic E-state index is 12.3. The Balaban J connectivity index is 2.08. The number of hydrogen-bond donors (Lipinski definition) is 3. The Labute approximate surface area is 138 Å². The first-order valence-corrected chi connectivity index (χ1v) is 8.00. The van der Waals surface area contributed by atoms with Gasteiger partial charge in [0.15, 0.2) is 0 Å². The van der Waals surface area contributed by atoms with Gasteiger partial charge >= 0.3 is 0 Å². The van der Waals surface area contributed by atoms with E-state index in [-0.39, 0.29) is 12.5 Å². The van der Waals surface area contributed by atoms with E-state index in [0.29, 0.717) is 17.1 Å². The number of rotatable bonds is 7. The van der Waals surface area contributed by atoms with E-state index in [2.05, 4.69) is 5.32 Å². The lowest BCUT2D eigenvalue weighted by molar-refractivity contribution is -0.115. The maximum Gasteiger partial charge on any atom is 0.251 e. The van der Waals surface area contributed by atoms with E-state index in [1.165, 1.54) is 11.3 Å². The lowest BCUT2D eigenvalue weighted by Crippen LogP contribution is -2.37. The molecule has 6 nitrogen and oxygen atoms in total. The zero-order valence-electron chi connectivity index (χ0n) is 12.7. The van der Waals surface area contributed by atoms with Crippen molar-refractivity contribution in [1.29, 1.82) is 0 Å². The van der Waals surface area contributed by atoms with E-state index in [1.807, 2.05) is 30.3 Å². The average Bonchev–Trinajstić information content (AvgIpc) is 2.95. The van der Waals surface area contributed by atoms with Crippen LogP contribution in [0.5, 0.6) is 0 Å². The molecule has 7 heteroatoms. The van der Waals surface area contributed by atoms with Crippen LogP contribution in [0.2, 0.25) is 0 Å². The minimum Gasteiger partial charge on any atom is -0.392 e. The molecule has 1 heterocycles. The molecule has 2 rings (SSSR count).